The lowest BCUT2D eigenvalue weighted by molar-refractivity contribution is -0.317. The number of ether oxygens (including phenoxy) is 2. The predicted octanol–water partition coefficient (Wildman–Crippen LogP) is 8.57. The lowest BCUT2D eigenvalue weighted by Gasteiger charge is -2.54. The molecule has 2 aliphatic heterocycles. The van der Waals surface area contributed by atoms with Crippen molar-refractivity contribution in [2.75, 3.05) is 13.1 Å². The molecule has 2 amide bonds. The number of carbonyl (C=O) groups is 2. The van der Waals surface area contributed by atoms with Crippen molar-refractivity contribution >= 4 is 12.2 Å². The van der Waals surface area contributed by atoms with Crippen molar-refractivity contribution in [3.8, 4) is 0 Å². The quantitative estimate of drug-likeness (QED) is 0.187. The van der Waals surface area contributed by atoms with E-state index in [1.807, 2.05) is 0 Å². The van der Waals surface area contributed by atoms with Crippen LogP contribution in [0.15, 0.2) is 0 Å². The zero-order valence-electron chi connectivity index (χ0n) is 31.8. The maximum atomic E-state index is 12.6. The number of hydrogen-bond donors (Lipinski definition) is 2. The van der Waals surface area contributed by atoms with Gasteiger partial charge in [-0.3, -0.25) is 9.68 Å². The molecule has 2 aliphatic carbocycles. The standard InChI is InChI=1S/C38H70N4O6/c1-35(2)25-31(26-36(3,4)41(35)47-29-19-13-11-14-20-29)45-33(43)39-23-17-9-10-18-24-40-34(44)46-32-27-37(5,6)42(38(7,8)28-32)48-30-21-15-12-16-22-30/h29-32H,9-28H2,1-8H3,(H,39,43)(H,40,44). The number of hydrogen-bond acceptors (Lipinski definition) is 8. The van der Waals surface area contributed by atoms with E-state index in [1.54, 1.807) is 0 Å². The molecule has 278 valence electrons. The largest absolute Gasteiger partial charge is 0.446 e. The summed E-state index contributed by atoms with van der Waals surface area (Å²) in [5, 5.41) is 10.3. The summed E-state index contributed by atoms with van der Waals surface area (Å²) < 4.78 is 11.8. The smallest absolute Gasteiger partial charge is 0.407 e. The van der Waals surface area contributed by atoms with E-state index in [0.29, 0.717) is 25.3 Å². The average Bonchev–Trinajstić information content (AvgIpc) is 2.98. The molecule has 10 heteroatoms. The van der Waals surface area contributed by atoms with Crippen molar-refractivity contribution in [1.29, 1.82) is 0 Å². The minimum Gasteiger partial charge on any atom is -0.446 e. The van der Waals surface area contributed by atoms with Gasteiger partial charge >= 0.3 is 12.2 Å². The molecule has 0 bridgehead atoms. The fourth-order valence-electron chi connectivity index (χ4n) is 9.09. The van der Waals surface area contributed by atoms with Crippen LogP contribution in [0.4, 0.5) is 9.59 Å². The van der Waals surface area contributed by atoms with Gasteiger partial charge in [-0.05, 0) is 93.9 Å². The Morgan fingerprint density at radius 2 is 0.812 bits per heavy atom. The van der Waals surface area contributed by atoms with Crippen molar-refractivity contribution in [2.45, 2.75) is 218 Å². The molecule has 4 rings (SSSR count). The molecule has 2 heterocycles. The van der Waals surface area contributed by atoms with Gasteiger partial charge in [0.2, 0.25) is 0 Å². The first kappa shape index (κ1) is 39.2. The Labute approximate surface area is 292 Å². The molecule has 2 saturated carbocycles. The van der Waals surface area contributed by atoms with Crippen molar-refractivity contribution in [3.63, 3.8) is 0 Å². The van der Waals surface area contributed by atoms with Crippen LogP contribution in [0, 0.1) is 0 Å². The second-order valence-electron chi connectivity index (χ2n) is 17.7. The van der Waals surface area contributed by atoms with E-state index in [1.165, 1.54) is 38.5 Å². The average molecular weight is 679 g/mol. The fraction of sp³-hybridized carbons (Fsp3) is 0.947. The molecule has 0 radical (unpaired) electrons. The Kier molecular flexibility index (Phi) is 13.9. The number of piperidine rings is 2. The third-order valence-corrected chi connectivity index (χ3v) is 10.9. The first-order valence-electron chi connectivity index (χ1n) is 19.4. The summed E-state index contributed by atoms with van der Waals surface area (Å²) in [7, 11) is 0. The van der Waals surface area contributed by atoms with Gasteiger partial charge in [0, 0.05) is 60.9 Å². The Bertz CT molecular complexity index is 905. The number of alkyl carbamates (subject to hydrolysis) is 2. The van der Waals surface area contributed by atoms with Gasteiger partial charge < -0.3 is 20.1 Å². The van der Waals surface area contributed by atoms with E-state index in [2.05, 4.69) is 76.1 Å². The topological polar surface area (TPSA) is 102 Å². The number of nitrogens with one attached hydrogen (secondary N) is 2. The lowest BCUT2D eigenvalue weighted by atomic mass is 9.80. The number of carbonyl (C=O) groups excluding carboxylic acids is 2. The Morgan fingerprint density at radius 3 is 1.12 bits per heavy atom. The van der Waals surface area contributed by atoms with Crippen LogP contribution in [-0.4, -0.2) is 82.0 Å². The number of hydroxylamine groups is 4. The van der Waals surface area contributed by atoms with Crippen LogP contribution in [0.3, 0.4) is 0 Å². The van der Waals surface area contributed by atoms with Gasteiger partial charge in [0.1, 0.15) is 12.2 Å². The second-order valence-corrected chi connectivity index (χ2v) is 17.7. The zero-order chi connectivity index (χ0) is 35.0. The van der Waals surface area contributed by atoms with Gasteiger partial charge in [0.05, 0.1) is 12.2 Å². The maximum absolute atomic E-state index is 12.6. The monoisotopic (exact) mass is 679 g/mol. The number of unbranched alkanes of at least 4 members (excludes halogenated alkanes) is 3. The van der Waals surface area contributed by atoms with Crippen LogP contribution in [0.5, 0.6) is 0 Å². The molecule has 2 saturated heterocycles. The molecule has 0 aromatic rings. The zero-order valence-corrected chi connectivity index (χ0v) is 31.8. The van der Waals surface area contributed by atoms with Gasteiger partial charge in [0.25, 0.3) is 0 Å². The van der Waals surface area contributed by atoms with Crippen LogP contribution in [0.1, 0.15) is 171 Å². The molecule has 2 N–H and O–H groups in total. The van der Waals surface area contributed by atoms with E-state index >= 15 is 0 Å². The molecule has 48 heavy (non-hydrogen) atoms. The Hall–Kier alpha value is -1.62. The molecule has 0 spiro atoms. The van der Waals surface area contributed by atoms with E-state index in [4.69, 9.17) is 19.1 Å². The third kappa shape index (κ3) is 11.5. The minimum atomic E-state index is -0.338. The van der Waals surface area contributed by atoms with Crippen LogP contribution in [-0.2, 0) is 19.1 Å². The highest BCUT2D eigenvalue weighted by Crippen LogP contribution is 2.42. The molecule has 0 atom stereocenters. The predicted molar refractivity (Wildman–Crippen MR) is 189 cm³/mol. The molecule has 4 fully saturated rings. The van der Waals surface area contributed by atoms with Crippen molar-refractivity contribution in [1.82, 2.24) is 20.8 Å². The van der Waals surface area contributed by atoms with Crippen LogP contribution >= 0.6 is 0 Å². The van der Waals surface area contributed by atoms with E-state index in [-0.39, 0.29) is 46.6 Å². The Morgan fingerprint density at radius 1 is 0.500 bits per heavy atom. The van der Waals surface area contributed by atoms with Crippen molar-refractivity contribution in [2.24, 2.45) is 0 Å². The van der Waals surface area contributed by atoms with Crippen LogP contribution < -0.4 is 10.6 Å². The molecule has 0 unspecified atom stereocenters. The first-order valence-corrected chi connectivity index (χ1v) is 19.4. The van der Waals surface area contributed by atoms with Gasteiger partial charge in [-0.15, -0.1) is 0 Å². The van der Waals surface area contributed by atoms with Gasteiger partial charge in [0.15, 0.2) is 0 Å². The summed E-state index contributed by atoms with van der Waals surface area (Å²) in [6.45, 7) is 18.7. The van der Waals surface area contributed by atoms with Gasteiger partial charge in [-0.1, -0.05) is 51.4 Å². The summed E-state index contributed by atoms with van der Waals surface area (Å²) in [5.74, 6) is 0. The summed E-state index contributed by atoms with van der Waals surface area (Å²) in [5.41, 5.74) is -0.895. The number of rotatable bonds is 13. The van der Waals surface area contributed by atoms with Crippen molar-refractivity contribution in [3.05, 3.63) is 0 Å². The molecule has 0 aromatic carbocycles. The summed E-state index contributed by atoms with van der Waals surface area (Å²) in [6.07, 6.45) is 18.4. The molecule has 4 aliphatic rings. The fourth-order valence-corrected chi connectivity index (χ4v) is 9.09. The van der Waals surface area contributed by atoms with E-state index in [9.17, 15) is 9.59 Å². The highest BCUT2D eigenvalue weighted by Gasteiger charge is 2.50. The molecule has 10 nitrogen and oxygen atoms in total. The highest BCUT2D eigenvalue weighted by atomic mass is 16.7. The molecular weight excluding hydrogens is 608 g/mol. The second kappa shape index (κ2) is 17.1. The maximum Gasteiger partial charge on any atom is 0.407 e. The van der Waals surface area contributed by atoms with Crippen molar-refractivity contribution < 1.29 is 28.7 Å². The summed E-state index contributed by atoms with van der Waals surface area (Å²) in [4.78, 5) is 38.4. The van der Waals surface area contributed by atoms with Gasteiger partial charge in [-0.25, -0.2) is 9.59 Å². The first-order chi connectivity index (χ1) is 22.6. The van der Waals surface area contributed by atoms with Crippen LogP contribution in [0.25, 0.3) is 0 Å². The summed E-state index contributed by atoms with van der Waals surface area (Å²) >= 11 is 0. The highest BCUT2D eigenvalue weighted by molar-refractivity contribution is 5.67. The van der Waals surface area contributed by atoms with Crippen LogP contribution in [0.2, 0.25) is 0 Å². The lowest BCUT2D eigenvalue weighted by Crippen LogP contribution is -2.63. The van der Waals surface area contributed by atoms with E-state index in [0.717, 1.165) is 77.0 Å². The molecular formula is C38H70N4O6. The van der Waals surface area contributed by atoms with E-state index < -0.39 is 0 Å². The number of nitrogens with zero attached hydrogens (tertiary/aromatic N) is 2. The van der Waals surface area contributed by atoms with Gasteiger partial charge in [-0.2, -0.15) is 10.1 Å². The third-order valence-electron chi connectivity index (χ3n) is 10.9. The molecule has 0 aromatic heterocycles. The normalized spacial score (nSPS) is 25.8. The summed E-state index contributed by atoms with van der Waals surface area (Å²) in [6, 6.07) is 0. The minimum absolute atomic E-state index is 0.147. The SMILES string of the molecule is CC1(C)CC(OC(=O)NCCCCCCNC(=O)OC2CC(C)(C)N(OC3CCCCC3)C(C)(C)C2)CC(C)(C)N1OC1CCCCC1. The Balaban J connectivity index is 1.06. The number of amides is 2.